The summed E-state index contributed by atoms with van der Waals surface area (Å²) in [6.07, 6.45) is 2.24. The molecule has 50 valence electrons. The van der Waals surface area contributed by atoms with E-state index in [-0.39, 0.29) is 25.1 Å². The first-order valence-corrected chi connectivity index (χ1v) is 2.30. The summed E-state index contributed by atoms with van der Waals surface area (Å²) in [6, 6.07) is -0.0370. The highest BCUT2D eigenvalue weighted by molar-refractivity contribution is 5.85. The Hall–Kier alpha value is -0.0500. The Kier molecular flexibility index (Phi) is 9.42. The van der Waals surface area contributed by atoms with Gasteiger partial charge in [-0.3, -0.25) is 0 Å². The second-order valence-electron chi connectivity index (χ2n) is 1.41. The molecule has 0 aliphatic rings. The molecule has 0 aromatic heterocycles. The first kappa shape index (κ1) is 10.8. The SMILES string of the molecule is C=CC(N)CCO.Cl. The largest absolute Gasteiger partial charge is 0.396 e. The second-order valence-corrected chi connectivity index (χ2v) is 1.41. The molecule has 0 fully saturated rings. The topological polar surface area (TPSA) is 46.2 Å². The molecular formula is C5H12ClNO. The van der Waals surface area contributed by atoms with Crippen molar-refractivity contribution in [2.24, 2.45) is 5.73 Å². The van der Waals surface area contributed by atoms with E-state index in [1.165, 1.54) is 0 Å². The third-order valence-corrected chi connectivity index (χ3v) is 0.765. The number of halogens is 1. The lowest BCUT2D eigenvalue weighted by Crippen LogP contribution is -2.17. The van der Waals surface area contributed by atoms with E-state index < -0.39 is 0 Å². The quantitative estimate of drug-likeness (QED) is 0.550. The Bertz CT molecular complexity index is 58.4. The lowest BCUT2D eigenvalue weighted by atomic mass is 10.2. The van der Waals surface area contributed by atoms with Gasteiger partial charge in [-0.25, -0.2) is 0 Å². The lowest BCUT2D eigenvalue weighted by Gasteiger charge is -1.98. The molecule has 0 aliphatic carbocycles. The Morgan fingerprint density at radius 2 is 2.25 bits per heavy atom. The Morgan fingerprint density at radius 3 is 2.38 bits per heavy atom. The maximum atomic E-state index is 8.24. The molecule has 3 N–H and O–H groups in total. The third-order valence-electron chi connectivity index (χ3n) is 0.765. The van der Waals surface area contributed by atoms with Gasteiger partial charge in [0.15, 0.2) is 0 Å². The number of hydrogen-bond donors (Lipinski definition) is 2. The molecule has 0 saturated heterocycles. The number of aliphatic hydroxyl groups excluding tert-OH is 1. The average molecular weight is 138 g/mol. The van der Waals surface area contributed by atoms with Crippen LogP contribution in [0.5, 0.6) is 0 Å². The number of aliphatic hydroxyl groups is 1. The highest BCUT2D eigenvalue weighted by Gasteiger charge is 1.90. The van der Waals surface area contributed by atoms with Gasteiger partial charge in [-0.2, -0.15) is 0 Å². The summed E-state index contributed by atoms with van der Waals surface area (Å²) in [5, 5.41) is 8.24. The summed E-state index contributed by atoms with van der Waals surface area (Å²) in [4.78, 5) is 0. The van der Waals surface area contributed by atoms with Crippen LogP contribution in [0.15, 0.2) is 12.7 Å². The summed E-state index contributed by atoms with van der Waals surface area (Å²) in [5.41, 5.74) is 5.31. The standard InChI is InChI=1S/C5H11NO.ClH/c1-2-5(6)3-4-7;/h2,5,7H,1,3-4,6H2;1H. The van der Waals surface area contributed by atoms with Crippen molar-refractivity contribution in [3.05, 3.63) is 12.7 Å². The fourth-order valence-corrected chi connectivity index (χ4v) is 0.267. The van der Waals surface area contributed by atoms with Gasteiger partial charge in [0, 0.05) is 12.6 Å². The maximum absolute atomic E-state index is 8.24. The minimum absolute atomic E-state index is 0. The van der Waals surface area contributed by atoms with Crippen LogP contribution in [-0.4, -0.2) is 17.8 Å². The van der Waals surface area contributed by atoms with Crippen LogP contribution in [0.2, 0.25) is 0 Å². The van der Waals surface area contributed by atoms with Crippen molar-refractivity contribution >= 4 is 12.4 Å². The zero-order valence-electron chi connectivity index (χ0n) is 4.71. The summed E-state index contributed by atoms with van der Waals surface area (Å²) in [7, 11) is 0. The first-order chi connectivity index (χ1) is 3.31. The third kappa shape index (κ3) is 5.95. The van der Waals surface area contributed by atoms with Gasteiger partial charge < -0.3 is 10.8 Å². The minimum atomic E-state index is -0.0370. The highest BCUT2D eigenvalue weighted by atomic mass is 35.5. The molecular weight excluding hydrogens is 126 g/mol. The minimum Gasteiger partial charge on any atom is -0.396 e. The molecule has 0 radical (unpaired) electrons. The van der Waals surface area contributed by atoms with Crippen LogP contribution in [0.1, 0.15) is 6.42 Å². The van der Waals surface area contributed by atoms with E-state index in [0.717, 1.165) is 0 Å². The van der Waals surface area contributed by atoms with E-state index in [9.17, 15) is 0 Å². The second kappa shape index (κ2) is 6.95. The fraction of sp³-hybridized carbons (Fsp3) is 0.600. The van der Waals surface area contributed by atoms with E-state index in [1.54, 1.807) is 6.08 Å². The van der Waals surface area contributed by atoms with Gasteiger partial charge in [0.2, 0.25) is 0 Å². The summed E-state index contributed by atoms with van der Waals surface area (Å²) < 4.78 is 0. The summed E-state index contributed by atoms with van der Waals surface area (Å²) in [5.74, 6) is 0. The smallest absolute Gasteiger partial charge is 0.0448 e. The maximum Gasteiger partial charge on any atom is 0.0448 e. The molecule has 0 bridgehead atoms. The molecule has 8 heavy (non-hydrogen) atoms. The first-order valence-electron chi connectivity index (χ1n) is 2.30. The van der Waals surface area contributed by atoms with E-state index in [1.807, 2.05) is 0 Å². The van der Waals surface area contributed by atoms with Crippen LogP contribution in [0.4, 0.5) is 0 Å². The van der Waals surface area contributed by atoms with E-state index in [4.69, 9.17) is 10.8 Å². The van der Waals surface area contributed by atoms with Gasteiger partial charge in [0.25, 0.3) is 0 Å². The molecule has 3 heteroatoms. The molecule has 2 nitrogen and oxygen atoms in total. The van der Waals surface area contributed by atoms with Crippen molar-refractivity contribution < 1.29 is 5.11 Å². The lowest BCUT2D eigenvalue weighted by molar-refractivity contribution is 0.283. The number of nitrogens with two attached hydrogens (primary N) is 1. The summed E-state index contributed by atoms with van der Waals surface area (Å²) >= 11 is 0. The van der Waals surface area contributed by atoms with Crippen molar-refractivity contribution in [1.82, 2.24) is 0 Å². The summed E-state index contributed by atoms with van der Waals surface area (Å²) in [6.45, 7) is 3.59. The Morgan fingerprint density at radius 1 is 1.75 bits per heavy atom. The average Bonchev–Trinajstić information content (AvgIpc) is 1.68. The fourth-order valence-electron chi connectivity index (χ4n) is 0.267. The molecule has 1 atom stereocenters. The van der Waals surface area contributed by atoms with Crippen molar-refractivity contribution in [3.8, 4) is 0 Å². The van der Waals surface area contributed by atoms with E-state index in [2.05, 4.69) is 6.58 Å². The van der Waals surface area contributed by atoms with Crippen LogP contribution in [0.3, 0.4) is 0 Å². The van der Waals surface area contributed by atoms with Crippen LogP contribution in [0.25, 0.3) is 0 Å². The van der Waals surface area contributed by atoms with Crippen LogP contribution < -0.4 is 5.73 Å². The predicted octanol–water partition coefficient (Wildman–Crippen LogP) is 0.304. The zero-order chi connectivity index (χ0) is 5.70. The molecule has 0 aromatic carbocycles. The van der Waals surface area contributed by atoms with Gasteiger partial charge in [-0.15, -0.1) is 19.0 Å². The Labute approximate surface area is 55.8 Å². The molecule has 0 heterocycles. The van der Waals surface area contributed by atoms with Gasteiger partial charge in [-0.1, -0.05) is 6.08 Å². The van der Waals surface area contributed by atoms with Crippen molar-refractivity contribution in [2.75, 3.05) is 6.61 Å². The van der Waals surface area contributed by atoms with Crippen molar-refractivity contribution in [1.29, 1.82) is 0 Å². The zero-order valence-corrected chi connectivity index (χ0v) is 5.53. The van der Waals surface area contributed by atoms with Crippen molar-refractivity contribution in [2.45, 2.75) is 12.5 Å². The molecule has 0 spiro atoms. The van der Waals surface area contributed by atoms with Gasteiger partial charge in [0.05, 0.1) is 0 Å². The molecule has 1 unspecified atom stereocenters. The normalized spacial score (nSPS) is 11.8. The molecule has 0 aliphatic heterocycles. The van der Waals surface area contributed by atoms with Crippen LogP contribution >= 0.6 is 12.4 Å². The monoisotopic (exact) mass is 137 g/mol. The highest BCUT2D eigenvalue weighted by Crippen LogP contribution is 1.83. The number of rotatable bonds is 3. The molecule has 0 aromatic rings. The molecule has 0 rings (SSSR count). The van der Waals surface area contributed by atoms with Gasteiger partial charge in [-0.05, 0) is 6.42 Å². The number of hydrogen-bond acceptors (Lipinski definition) is 2. The van der Waals surface area contributed by atoms with Crippen LogP contribution in [0, 0.1) is 0 Å². The van der Waals surface area contributed by atoms with E-state index >= 15 is 0 Å². The predicted molar refractivity (Wildman–Crippen MR) is 37.1 cm³/mol. The molecule has 0 amide bonds. The van der Waals surface area contributed by atoms with Crippen molar-refractivity contribution in [3.63, 3.8) is 0 Å². The van der Waals surface area contributed by atoms with Gasteiger partial charge in [0.1, 0.15) is 0 Å². The van der Waals surface area contributed by atoms with Crippen LogP contribution in [-0.2, 0) is 0 Å². The van der Waals surface area contributed by atoms with Gasteiger partial charge >= 0.3 is 0 Å². The molecule has 0 saturated carbocycles. The Balaban J connectivity index is 0. The van der Waals surface area contributed by atoms with E-state index in [0.29, 0.717) is 6.42 Å².